The first-order valence-corrected chi connectivity index (χ1v) is 7.40. The van der Waals surface area contributed by atoms with Gasteiger partial charge in [-0.1, -0.05) is 6.92 Å². The zero-order valence-electron chi connectivity index (χ0n) is 12.9. The first kappa shape index (κ1) is 17.3. The molecule has 1 aliphatic carbocycles. The maximum atomic E-state index is 12.0. The van der Waals surface area contributed by atoms with Gasteiger partial charge in [0, 0.05) is 6.54 Å². The average Bonchev–Trinajstić information content (AvgIpc) is 2.41. The summed E-state index contributed by atoms with van der Waals surface area (Å²) in [6, 6.07) is -1.33. The first-order valence-electron chi connectivity index (χ1n) is 7.40. The Balaban J connectivity index is 2.62. The van der Waals surface area contributed by atoms with E-state index in [-0.39, 0.29) is 5.91 Å². The fourth-order valence-corrected chi connectivity index (χ4v) is 2.49. The summed E-state index contributed by atoms with van der Waals surface area (Å²) in [5, 5.41) is 17.1. The predicted molar refractivity (Wildman–Crippen MR) is 77.8 cm³/mol. The van der Waals surface area contributed by atoms with Crippen LogP contribution in [0.5, 0.6) is 0 Å². The molecular weight excluding hydrogens is 274 g/mol. The Bertz CT molecular complexity index is 403. The predicted octanol–water partition coefficient (Wildman–Crippen LogP) is 0.844. The number of hydrogen-bond donors (Lipinski definition) is 4. The molecule has 7 nitrogen and oxygen atoms in total. The van der Waals surface area contributed by atoms with E-state index in [1.807, 2.05) is 0 Å². The maximum absolute atomic E-state index is 12.0. The Morgan fingerprint density at radius 2 is 1.86 bits per heavy atom. The van der Waals surface area contributed by atoms with Crippen molar-refractivity contribution in [3.63, 3.8) is 0 Å². The van der Waals surface area contributed by atoms with E-state index in [2.05, 4.69) is 22.9 Å². The summed E-state index contributed by atoms with van der Waals surface area (Å²) in [7, 11) is 0. The van der Waals surface area contributed by atoms with Crippen LogP contribution in [-0.2, 0) is 9.59 Å². The van der Waals surface area contributed by atoms with Crippen LogP contribution in [0.4, 0.5) is 4.79 Å². The van der Waals surface area contributed by atoms with E-state index in [0.717, 1.165) is 12.8 Å². The van der Waals surface area contributed by atoms with E-state index in [4.69, 9.17) is 0 Å². The molecular formula is C14H25N3O4. The van der Waals surface area contributed by atoms with Gasteiger partial charge in [-0.3, -0.25) is 4.79 Å². The van der Waals surface area contributed by atoms with Crippen molar-refractivity contribution in [2.24, 2.45) is 5.92 Å². The third kappa shape index (κ3) is 4.61. The highest BCUT2D eigenvalue weighted by molar-refractivity contribution is 5.90. The molecule has 0 aliphatic heterocycles. The molecule has 0 saturated heterocycles. The summed E-state index contributed by atoms with van der Waals surface area (Å²) in [6.07, 6.45) is 2.34. The lowest BCUT2D eigenvalue weighted by Gasteiger charge is -2.36. The minimum absolute atomic E-state index is 0.297. The van der Waals surface area contributed by atoms with E-state index in [1.54, 1.807) is 13.8 Å². The van der Waals surface area contributed by atoms with Crippen molar-refractivity contribution in [2.45, 2.75) is 58.0 Å². The third-order valence-electron chi connectivity index (χ3n) is 3.98. The molecule has 7 heteroatoms. The van der Waals surface area contributed by atoms with Crippen LogP contribution in [0.1, 0.15) is 46.5 Å². The van der Waals surface area contributed by atoms with E-state index in [1.165, 1.54) is 0 Å². The molecule has 0 aromatic rings. The molecule has 1 atom stereocenters. The molecule has 1 unspecified atom stereocenters. The van der Waals surface area contributed by atoms with Gasteiger partial charge in [0.25, 0.3) is 0 Å². The van der Waals surface area contributed by atoms with Crippen molar-refractivity contribution in [1.29, 1.82) is 0 Å². The minimum atomic E-state index is -1.22. The number of carbonyl (C=O) groups is 3. The smallest absolute Gasteiger partial charge is 0.329 e. The van der Waals surface area contributed by atoms with Gasteiger partial charge in [0.2, 0.25) is 5.91 Å². The van der Waals surface area contributed by atoms with Crippen molar-refractivity contribution in [1.82, 2.24) is 16.0 Å². The molecule has 1 saturated carbocycles. The Hall–Kier alpha value is -1.79. The molecule has 0 aromatic heterocycles. The van der Waals surface area contributed by atoms with Crippen LogP contribution in [0.3, 0.4) is 0 Å². The number of rotatable bonds is 5. The van der Waals surface area contributed by atoms with Gasteiger partial charge in [-0.25, -0.2) is 9.59 Å². The number of aliphatic carboxylic acids is 1. The highest BCUT2D eigenvalue weighted by Gasteiger charge is 2.42. The number of carbonyl (C=O) groups excluding carboxylic acids is 2. The molecule has 0 heterocycles. The Kier molecular flexibility index (Phi) is 5.99. The monoisotopic (exact) mass is 299 g/mol. The zero-order chi connectivity index (χ0) is 16.0. The molecule has 0 bridgehead atoms. The number of amides is 3. The molecule has 1 rings (SSSR count). The Labute approximate surface area is 124 Å². The van der Waals surface area contributed by atoms with Gasteiger partial charge < -0.3 is 21.1 Å². The van der Waals surface area contributed by atoms with E-state index in [9.17, 15) is 19.5 Å². The third-order valence-corrected chi connectivity index (χ3v) is 3.98. The van der Waals surface area contributed by atoms with Gasteiger partial charge in [0.1, 0.15) is 11.6 Å². The van der Waals surface area contributed by atoms with Gasteiger partial charge >= 0.3 is 12.0 Å². The number of nitrogens with one attached hydrogen (secondary N) is 3. The quantitative estimate of drug-likeness (QED) is 0.603. The molecule has 21 heavy (non-hydrogen) atoms. The second-order valence-corrected chi connectivity index (χ2v) is 5.78. The molecule has 4 N–H and O–H groups in total. The van der Waals surface area contributed by atoms with Crippen LogP contribution in [0.15, 0.2) is 0 Å². The number of carboxylic acid groups (broad SMARTS) is 1. The fourth-order valence-electron chi connectivity index (χ4n) is 2.49. The van der Waals surface area contributed by atoms with Crippen molar-refractivity contribution >= 4 is 17.9 Å². The molecule has 0 radical (unpaired) electrons. The largest absolute Gasteiger partial charge is 0.480 e. The second kappa shape index (κ2) is 7.28. The lowest BCUT2D eigenvalue weighted by molar-refractivity contribution is -0.146. The maximum Gasteiger partial charge on any atom is 0.329 e. The van der Waals surface area contributed by atoms with Crippen LogP contribution >= 0.6 is 0 Å². The summed E-state index contributed by atoms with van der Waals surface area (Å²) in [6.45, 7) is 5.89. The fraction of sp³-hybridized carbons (Fsp3) is 0.786. The van der Waals surface area contributed by atoms with Crippen LogP contribution in [-0.4, -0.2) is 41.1 Å². The van der Waals surface area contributed by atoms with E-state index in [0.29, 0.717) is 25.3 Å². The first-order chi connectivity index (χ1) is 9.80. The molecule has 1 fully saturated rings. The van der Waals surface area contributed by atoms with Gasteiger partial charge in [0.15, 0.2) is 0 Å². The molecule has 0 spiro atoms. The number of hydrogen-bond acceptors (Lipinski definition) is 3. The van der Waals surface area contributed by atoms with Gasteiger partial charge in [-0.15, -0.1) is 0 Å². The number of carboxylic acids is 1. The highest BCUT2D eigenvalue weighted by atomic mass is 16.4. The SMILES string of the molecule is CCNC(=O)C(C)NC(=O)NC1(C(=O)O)CCC(C)CC1. The normalized spacial score (nSPS) is 26.5. The van der Waals surface area contributed by atoms with E-state index < -0.39 is 23.6 Å². The zero-order valence-corrected chi connectivity index (χ0v) is 12.9. The standard InChI is InChI=1S/C14H25N3O4/c1-4-15-11(18)10(3)16-13(21)17-14(12(19)20)7-5-9(2)6-8-14/h9-10H,4-8H2,1-3H3,(H,15,18)(H,19,20)(H2,16,17,21). The summed E-state index contributed by atoms with van der Waals surface area (Å²) < 4.78 is 0. The summed E-state index contributed by atoms with van der Waals surface area (Å²) in [5.74, 6) is -0.846. The molecule has 1 aliphatic rings. The lowest BCUT2D eigenvalue weighted by atomic mass is 9.77. The summed E-state index contributed by atoms with van der Waals surface area (Å²) in [5.41, 5.74) is -1.22. The number of urea groups is 1. The Morgan fingerprint density at radius 1 is 1.29 bits per heavy atom. The molecule has 120 valence electrons. The van der Waals surface area contributed by atoms with Crippen LogP contribution in [0, 0.1) is 5.92 Å². The minimum Gasteiger partial charge on any atom is -0.480 e. The molecule has 3 amide bonds. The van der Waals surface area contributed by atoms with Crippen LogP contribution < -0.4 is 16.0 Å². The van der Waals surface area contributed by atoms with Crippen LogP contribution in [0.2, 0.25) is 0 Å². The lowest BCUT2D eigenvalue weighted by Crippen LogP contribution is -2.60. The van der Waals surface area contributed by atoms with Crippen molar-refractivity contribution in [2.75, 3.05) is 6.54 Å². The van der Waals surface area contributed by atoms with Crippen molar-refractivity contribution in [3.05, 3.63) is 0 Å². The number of likely N-dealkylation sites (N-methyl/N-ethyl adjacent to an activating group) is 1. The average molecular weight is 299 g/mol. The highest BCUT2D eigenvalue weighted by Crippen LogP contribution is 2.32. The van der Waals surface area contributed by atoms with Gasteiger partial charge in [0.05, 0.1) is 0 Å². The van der Waals surface area contributed by atoms with Crippen molar-refractivity contribution in [3.8, 4) is 0 Å². The van der Waals surface area contributed by atoms with Gasteiger partial charge in [-0.2, -0.15) is 0 Å². The van der Waals surface area contributed by atoms with Gasteiger partial charge in [-0.05, 0) is 45.4 Å². The Morgan fingerprint density at radius 3 is 2.33 bits per heavy atom. The van der Waals surface area contributed by atoms with Crippen molar-refractivity contribution < 1.29 is 19.5 Å². The van der Waals surface area contributed by atoms with Crippen LogP contribution in [0.25, 0.3) is 0 Å². The molecule has 0 aromatic carbocycles. The summed E-state index contributed by atoms with van der Waals surface area (Å²) >= 11 is 0. The van der Waals surface area contributed by atoms with E-state index >= 15 is 0 Å². The summed E-state index contributed by atoms with van der Waals surface area (Å²) in [4.78, 5) is 35.0. The second-order valence-electron chi connectivity index (χ2n) is 5.78. The topological polar surface area (TPSA) is 108 Å².